The van der Waals surface area contributed by atoms with Crippen LogP contribution in [0.5, 0.6) is 5.75 Å². The van der Waals surface area contributed by atoms with Crippen LogP contribution in [-0.2, 0) is 14.3 Å². The number of hydrogen-bond acceptors (Lipinski definition) is 5. The molecule has 0 aliphatic heterocycles. The maximum Gasteiger partial charge on any atom is 0.315 e. The summed E-state index contributed by atoms with van der Waals surface area (Å²) in [6.45, 7) is 1.71. The van der Waals surface area contributed by atoms with Crippen LogP contribution in [0.2, 0.25) is 0 Å². The Bertz CT molecular complexity index is 784. The van der Waals surface area contributed by atoms with Crippen molar-refractivity contribution in [3.05, 3.63) is 65.7 Å². The fourth-order valence-corrected chi connectivity index (χ4v) is 2.72. The van der Waals surface area contributed by atoms with Crippen molar-refractivity contribution in [1.82, 2.24) is 0 Å². The van der Waals surface area contributed by atoms with Crippen LogP contribution in [0.4, 0.5) is 0 Å². The number of esters is 1. The van der Waals surface area contributed by atoms with Gasteiger partial charge in [-0.15, -0.1) is 0 Å². The number of ketones is 1. The van der Waals surface area contributed by atoms with E-state index in [1.165, 1.54) is 19.2 Å². The Labute approximate surface area is 151 Å². The summed E-state index contributed by atoms with van der Waals surface area (Å²) in [7, 11) is 1.45. The normalized spacial score (nSPS) is 12.7. The van der Waals surface area contributed by atoms with Gasteiger partial charge in [0.15, 0.2) is 5.78 Å². The summed E-state index contributed by atoms with van der Waals surface area (Å²) < 4.78 is 10.1. The van der Waals surface area contributed by atoms with Gasteiger partial charge in [-0.05, 0) is 24.6 Å². The Hall–Kier alpha value is -3.15. The molecule has 136 valence electrons. The molecule has 2 atom stereocenters. The molecule has 0 heterocycles. The molecule has 2 rings (SSSR count). The van der Waals surface area contributed by atoms with Crippen molar-refractivity contribution in [2.75, 3.05) is 13.7 Å². The van der Waals surface area contributed by atoms with Gasteiger partial charge in [-0.1, -0.05) is 42.5 Å². The van der Waals surface area contributed by atoms with Crippen molar-refractivity contribution < 1.29 is 29.0 Å². The largest absolute Gasteiger partial charge is 0.497 e. The Balaban J connectivity index is 2.50. The van der Waals surface area contributed by atoms with Crippen LogP contribution in [0, 0.1) is 5.92 Å². The second kappa shape index (κ2) is 8.80. The topological polar surface area (TPSA) is 89.9 Å². The molecule has 0 aromatic heterocycles. The number of aliphatic carboxylic acids is 1. The van der Waals surface area contributed by atoms with Crippen LogP contribution in [-0.4, -0.2) is 36.5 Å². The Morgan fingerprint density at radius 1 is 1.04 bits per heavy atom. The Morgan fingerprint density at radius 3 is 2.31 bits per heavy atom. The standard InChI is InChI=1S/C20H20O6/c1-3-26-20(24)16(13-8-5-4-6-9-13)17(19(22)23)18(21)14-10-7-11-15(12-14)25-2/h4-12,16-17H,3H2,1-2H3,(H,22,23). The summed E-state index contributed by atoms with van der Waals surface area (Å²) in [5, 5.41) is 9.72. The minimum Gasteiger partial charge on any atom is -0.497 e. The number of Topliss-reactive ketones (excluding diaryl/α,β-unsaturated/α-hetero) is 1. The molecule has 0 amide bonds. The number of carbonyl (C=O) groups is 3. The van der Waals surface area contributed by atoms with Gasteiger partial charge in [0.05, 0.1) is 13.7 Å². The van der Waals surface area contributed by atoms with Gasteiger partial charge in [-0.3, -0.25) is 14.4 Å². The second-order valence-corrected chi connectivity index (χ2v) is 5.55. The van der Waals surface area contributed by atoms with Gasteiger partial charge in [-0.25, -0.2) is 0 Å². The maximum absolute atomic E-state index is 12.9. The number of ether oxygens (including phenoxy) is 2. The number of carboxylic acids is 1. The molecular weight excluding hydrogens is 336 g/mol. The number of benzene rings is 2. The zero-order chi connectivity index (χ0) is 19.1. The molecule has 0 saturated carbocycles. The summed E-state index contributed by atoms with van der Waals surface area (Å²) in [6, 6.07) is 14.5. The van der Waals surface area contributed by atoms with Crippen molar-refractivity contribution >= 4 is 17.7 Å². The predicted octanol–water partition coefficient (Wildman–Crippen LogP) is 2.93. The van der Waals surface area contributed by atoms with E-state index in [2.05, 4.69) is 0 Å². The number of hydrogen-bond donors (Lipinski definition) is 1. The number of carboxylic acid groups (broad SMARTS) is 1. The number of carbonyl (C=O) groups excluding carboxylic acids is 2. The fourth-order valence-electron chi connectivity index (χ4n) is 2.72. The highest BCUT2D eigenvalue weighted by Gasteiger charge is 2.41. The number of rotatable bonds is 8. The number of methoxy groups -OCH3 is 1. The van der Waals surface area contributed by atoms with E-state index >= 15 is 0 Å². The predicted molar refractivity (Wildman–Crippen MR) is 94.3 cm³/mol. The van der Waals surface area contributed by atoms with E-state index in [0.29, 0.717) is 11.3 Å². The Kier molecular flexibility index (Phi) is 6.49. The van der Waals surface area contributed by atoms with Crippen LogP contribution in [0.25, 0.3) is 0 Å². The lowest BCUT2D eigenvalue weighted by Crippen LogP contribution is -2.35. The quantitative estimate of drug-likeness (QED) is 0.444. The van der Waals surface area contributed by atoms with E-state index in [1.807, 2.05) is 0 Å². The lowest BCUT2D eigenvalue weighted by molar-refractivity contribution is -0.152. The highest BCUT2D eigenvalue weighted by atomic mass is 16.5. The van der Waals surface area contributed by atoms with Gasteiger partial charge < -0.3 is 14.6 Å². The molecule has 26 heavy (non-hydrogen) atoms. The van der Waals surface area contributed by atoms with E-state index < -0.39 is 29.6 Å². The molecule has 0 aliphatic rings. The fraction of sp³-hybridized carbons (Fsp3) is 0.250. The highest BCUT2D eigenvalue weighted by molar-refractivity contribution is 6.11. The third-order valence-corrected chi connectivity index (χ3v) is 3.94. The molecule has 6 heteroatoms. The molecular formula is C20H20O6. The minimum atomic E-state index is -1.61. The summed E-state index contributed by atoms with van der Waals surface area (Å²) >= 11 is 0. The molecule has 2 aromatic rings. The SMILES string of the molecule is CCOC(=O)C(c1ccccc1)C(C(=O)O)C(=O)c1cccc(OC)c1. The van der Waals surface area contributed by atoms with Crippen molar-refractivity contribution in [3.8, 4) is 5.75 Å². The molecule has 0 radical (unpaired) electrons. The van der Waals surface area contributed by atoms with Gasteiger partial charge in [0.25, 0.3) is 0 Å². The van der Waals surface area contributed by atoms with Crippen molar-refractivity contribution in [1.29, 1.82) is 0 Å². The summed E-state index contributed by atoms with van der Waals surface area (Å²) in [6.07, 6.45) is 0. The lowest BCUT2D eigenvalue weighted by Gasteiger charge is -2.22. The molecule has 0 spiro atoms. The minimum absolute atomic E-state index is 0.0852. The summed E-state index contributed by atoms with van der Waals surface area (Å²) in [4.78, 5) is 37.4. The maximum atomic E-state index is 12.9. The first-order valence-electron chi connectivity index (χ1n) is 8.12. The smallest absolute Gasteiger partial charge is 0.315 e. The van der Waals surface area contributed by atoms with E-state index in [-0.39, 0.29) is 12.2 Å². The van der Waals surface area contributed by atoms with E-state index in [0.717, 1.165) is 0 Å². The van der Waals surface area contributed by atoms with Crippen molar-refractivity contribution in [2.45, 2.75) is 12.8 Å². The molecule has 0 aliphatic carbocycles. The molecule has 2 aromatic carbocycles. The van der Waals surface area contributed by atoms with Crippen LogP contribution >= 0.6 is 0 Å². The van der Waals surface area contributed by atoms with Crippen LogP contribution in [0.1, 0.15) is 28.8 Å². The monoisotopic (exact) mass is 356 g/mol. The zero-order valence-electron chi connectivity index (χ0n) is 14.5. The average Bonchev–Trinajstić information content (AvgIpc) is 2.66. The van der Waals surface area contributed by atoms with Crippen LogP contribution in [0.15, 0.2) is 54.6 Å². The van der Waals surface area contributed by atoms with E-state index in [9.17, 15) is 19.5 Å². The third kappa shape index (κ3) is 4.27. The first kappa shape index (κ1) is 19.2. The second-order valence-electron chi connectivity index (χ2n) is 5.55. The van der Waals surface area contributed by atoms with Gasteiger partial charge >= 0.3 is 11.9 Å². The van der Waals surface area contributed by atoms with Gasteiger partial charge in [0.2, 0.25) is 0 Å². The highest BCUT2D eigenvalue weighted by Crippen LogP contribution is 2.30. The van der Waals surface area contributed by atoms with Crippen LogP contribution in [0.3, 0.4) is 0 Å². The first-order valence-corrected chi connectivity index (χ1v) is 8.12. The van der Waals surface area contributed by atoms with Crippen molar-refractivity contribution in [2.24, 2.45) is 5.92 Å². The van der Waals surface area contributed by atoms with Crippen molar-refractivity contribution in [3.63, 3.8) is 0 Å². The van der Waals surface area contributed by atoms with Gasteiger partial charge in [-0.2, -0.15) is 0 Å². The molecule has 0 bridgehead atoms. The van der Waals surface area contributed by atoms with E-state index in [4.69, 9.17) is 9.47 Å². The van der Waals surface area contributed by atoms with E-state index in [1.54, 1.807) is 49.4 Å². The lowest BCUT2D eigenvalue weighted by atomic mass is 9.81. The third-order valence-electron chi connectivity index (χ3n) is 3.94. The first-order chi connectivity index (χ1) is 12.5. The average molecular weight is 356 g/mol. The van der Waals surface area contributed by atoms with Gasteiger partial charge in [0, 0.05) is 5.56 Å². The molecule has 6 nitrogen and oxygen atoms in total. The molecule has 0 saturated heterocycles. The zero-order valence-corrected chi connectivity index (χ0v) is 14.5. The summed E-state index contributed by atoms with van der Waals surface area (Å²) in [5.74, 6) is -5.25. The molecule has 2 unspecified atom stereocenters. The Morgan fingerprint density at radius 2 is 1.73 bits per heavy atom. The van der Waals surface area contributed by atoms with Crippen LogP contribution < -0.4 is 4.74 Å². The molecule has 1 N–H and O–H groups in total. The molecule has 0 fully saturated rings. The van der Waals surface area contributed by atoms with Gasteiger partial charge in [0.1, 0.15) is 17.6 Å². The summed E-state index contributed by atoms with van der Waals surface area (Å²) in [5.41, 5.74) is 0.566.